The first kappa shape index (κ1) is 28.9. The number of likely N-dealkylation sites (tertiary alicyclic amines) is 1. The third kappa shape index (κ3) is 10.0. The van der Waals surface area contributed by atoms with E-state index in [1.165, 1.54) is 5.56 Å². The number of benzene rings is 1. The lowest BCUT2D eigenvalue weighted by atomic mass is 9.90. The quantitative estimate of drug-likeness (QED) is 0.284. The van der Waals surface area contributed by atoms with Crippen molar-refractivity contribution in [3.05, 3.63) is 35.9 Å². The Morgan fingerprint density at radius 1 is 0.971 bits per heavy atom. The Morgan fingerprint density at radius 3 is 2.17 bits per heavy atom. The number of hydrogen-bond acceptors (Lipinski definition) is 5. The molecule has 6 heteroatoms. The summed E-state index contributed by atoms with van der Waals surface area (Å²) in [6.07, 6.45) is 4.49. The molecule has 196 valence electrons. The molecule has 3 atom stereocenters. The third-order valence-corrected chi connectivity index (χ3v) is 6.10. The first-order valence-corrected chi connectivity index (χ1v) is 13.1. The SMILES string of the molecule is CCCCC[C@H](CC(=O)[C@@H]1C[C@@H](Cc2ccccc2)CN1C(=O)OC(C)(C)C)C(=O)OC(C)(C)C. The summed E-state index contributed by atoms with van der Waals surface area (Å²) in [4.78, 5) is 41.1. The van der Waals surface area contributed by atoms with E-state index in [9.17, 15) is 14.4 Å². The molecule has 6 nitrogen and oxygen atoms in total. The summed E-state index contributed by atoms with van der Waals surface area (Å²) in [6.45, 7) is 13.6. The van der Waals surface area contributed by atoms with Gasteiger partial charge in [-0.2, -0.15) is 0 Å². The summed E-state index contributed by atoms with van der Waals surface area (Å²) in [5, 5.41) is 0. The van der Waals surface area contributed by atoms with Gasteiger partial charge >= 0.3 is 12.1 Å². The van der Waals surface area contributed by atoms with Crippen LogP contribution in [0.1, 0.15) is 92.6 Å². The number of unbranched alkanes of at least 4 members (excludes halogenated alkanes) is 2. The number of carbonyl (C=O) groups excluding carboxylic acids is 3. The van der Waals surface area contributed by atoms with Crippen LogP contribution in [0.3, 0.4) is 0 Å². The van der Waals surface area contributed by atoms with E-state index in [0.29, 0.717) is 19.4 Å². The fraction of sp³-hybridized carbons (Fsp3) is 0.690. The molecule has 0 aliphatic carbocycles. The van der Waals surface area contributed by atoms with Gasteiger partial charge in [0, 0.05) is 13.0 Å². The highest BCUT2D eigenvalue weighted by molar-refractivity contribution is 5.91. The number of Topliss-reactive ketones (excluding diaryl/α,β-unsaturated/α-hetero) is 1. The van der Waals surface area contributed by atoms with Gasteiger partial charge in [-0.3, -0.25) is 14.5 Å². The van der Waals surface area contributed by atoms with Crippen LogP contribution in [0.4, 0.5) is 4.79 Å². The highest BCUT2D eigenvalue weighted by Crippen LogP contribution is 2.31. The Bertz CT molecular complexity index is 837. The van der Waals surface area contributed by atoms with Crippen molar-refractivity contribution in [1.82, 2.24) is 4.90 Å². The minimum Gasteiger partial charge on any atom is -0.460 e. The van der Waals surface area contributed by atoms with Crippen molar-refractivity contribution in [3.8, 4) is 0 Å². The minimum atomic E-state index is -0.651. The summed E-state index contributed by atoms with van der Waals surface area (Å²) in [7, 11) is 0. The fourth-order valence-electron chi connectivity index (χ4n) is 4.55. The summed E-state index contributed by atoms with van der Waals surface area (Å²) in [5.41, 5.74) is -0.0813. The van der Waals surface area contributed by atoms with Crippen molar-refractivity contribution in [2.45, 2.75) is 111 Å². The molecule has 0 unspecified atom stereocenters. The van der Waals surface area contributed by atoms with Gasteiger partial charge in [-0.1, -0.05) is 56.5 Å². The lowest BCUT2D eigenvalue weighted by molar-refractivity contribution is -0.161. The molecular weight excluding hydrogens is 442 g/mol. The monoisotopic (exact) mass is 487 g/mol. The van der Waals surface area contributed by atoms with E-state index < -0.39 is 29.3 Å². The van der Waals surface area contributed by atoms with Crippen molar-refractivity contribution in [2.24, 2.45) is 11.8 Å². The average molecular weight is 488 g/mol. The number of nitrogens with zero attached hydrogens (tertiary/aromatic N) is 1. The molecule has 1 fully saturated rings. The molecule has 1 aromatic rings. The van der Waals surface area contributed by atoms with Crippen LogP contribution in [-0.2, 0) is 25.5 Å². The minimum absolute atomic E-state index is 0.0840. The first-order valence-electron chi connectivity index (χ1n) is 13.1. The van der Waals surface area contributed by atoms with Gasteiger partial charge in [0.15, 0.2) is 5.78 Å². The molecule has 0 N–H and O–H groups in total. The van der Waals surface area contributed by atoms with Crippen LogP contribution in [-0.4, -0.2) is 46.5 Å². The number of amides is 1. The van der Waals surface area contributed by atoms with Crippen molar-refractivity contribution in [3.63, 3.8) is 0 Å². The third-order valence-electron chi connectivity index (χ3n) is 6.10. The van der Waals surface area contributed by atoms with Crippen molar-refractivity contribution < 1.29 is 23.9 Å². The number of esters is 1. The normalized spacial score (nSPS) is 19.3. The number of carbonyl (C=O) groups is 3. The van der Waals surface area contributed by atoms with Gasteiger partial charge in [-0.15, -0.1) is 0 Å². The molecule has 35 heavy (non-hydrogen) atoms. The van der Waals surface area contributed by atoms with Gasteiger partial charge in [0.25, 0.3) is 0 Å². The maximum absolute atomic E-state index is 13.6. The zero-order valence-electron chi connectivity index (χ0n) is 22.8. The lowest BCUT2D eigenvalue weighted by Gasteiger charge is -2.29. The van der Waals surface area contributed by atoms with Gasteiger partial charge in [0.05, 0.1) is 12.0 Å². The van der Waals surface area contributed by atoms with Crippen LogP contribution in [0.2, 0.25) is 0 Å². The van der Waals surface area contributed by atoms with Crippen molar-refractivity contribution >= 4 is 17.8 Å². The summed E-state index contributed by atoms with van der Waals surface area (Å²) >= 11 is 0. The number of ether oxygens (including phenoxy) is 2. The van der Waals surface area contributed by atoms with Crippen LogP contribution in [0, 0.1) is 11.8 Å². The van der Waals surface area contributed by atoms with E-state index in [0.717, 1.165) is 25.7 Å². The van der Waals surface area contributed by atoms with Crippen LogP contribution in [0.25, 0.3) is 0 Å². The molecule has 1 aromatic carbocycles. The maximum Gasteiger partial charge on any atom is 0.410 e. The van der Waals surface area contributed by atoms with Crippen LogP contribution in [0.5, 0.6) is 0 Å². The smallest absolute Gasteiger partial charge is 0.410 e. The Hall–Kier alpha value is -2.37. The topological polar surface area (TPSA) is 72.9 Å². The molecule has 1 heterocycles. The lowest BCUT2D eigenvalue weighted by Crippen LogP contribution is -2.44. The van der Waals surface area contributed by atoms with Gasteiger partial charge in [0.2, 0.25) is 0 Å². The van der Waals surface area contributed by atoms with Gasteiger partial charge < -0.3 is 9.47 Å². The second kappa shape index (κ2) is 12.5. The summed E-state index contributed by atoms with van der Waals surface area (Å²) in [6, 6.07) is 9.53. The maximum atomic E-state index is 13.6. The summed E-state index contributed by atoms with van der Waals surface area (Å²) in [5.74, 6) is -0.760. The Labute approximate surface area is 211 Å². The number of rotatable bonds is 10. The Balaban J connectivity index is 2.19. The molecular formula is C29H45NO5. The van der Waals surface area contributed by atoms with E-state index in [1.54, 1.807) is 4.90 Å². The van der Waals surface area contributed by atoms with E-state index in [-0.39, 0.29) is 24.1 Å². The Kier molecular flexibility index (Phi) is 10.3. The molecule has 2 rings (SSSR count). The predicted octanol–water partition coefficient (Wildman–Crippen LogP) is 6.35. The van der Waals surface area contributed by atoms with E-state index in [4.69, 9.17) is 9.47 Å². The molecule has 1 saturated heterocycles. The molecule has 1 aliphatic rings. The molecule has 0 radical (unpaired) electrons. The van der Waals surface area contributed by atoms with Crippen LogP contribution in [0.15, 0.2) is 30.3 Å². The molecule has 1 aliphatic heterocycles. The second-order valence-corrected chi connectivity index (χ2v) is 11.8. The highest BCUT2D eigenvalue weighted by Gasteiger charge is 2.42. The summed E-state index contributed by atoms with van der Waals surface area (Å²) < 4.78 is 11.3. The number of ketones is 1. The van der Waals surface area contributed by atoms with Crippen LogP contribution < -0.4 is 0 Å². The van der Waals surface area contributed by atoms with E-state index in [1.807, 2.05) is 59.7 Å². The van der Waals surface area contributed by atoms with E-state index in [2.05, 4.69) is 19.1 Å². The second-order valence-electron chi connectivity index (χ2n) is 11.8. The van der Waals surface area contributed by atoms with Crippen molar-refractivity contribution in [1.29, 1.82) is 0 Å². The fourth-order valence-corrected chi connectivity index (χ4v) is 4.55. The Morgan fingerprint density at radius 2 is 1.60 bits per heavy atom. The zero-order chi connectivity index (χ0) is 26.2. The molecule has 0 saturated carbocycles. The standard InChI is InChI=1S/C29H45NO5/c1-8-9-11-16-23(26(32)34-28(2,3)4)19-25(31)24-18-22(17-21-14-12-10-13-15-21)20-30(24)27(33)35-29(5,6)7/h10,12-15,22-24H,8-9,11,16-20H2,1-7H3/t22-,23-,24+/m1/s1. The van der Waals surface area contributed by atoms with Gasteiger partial charge in [0.1, 0.15) is 11.2 Å². The average Bonchev–Trinajstić information content (AvgIpc) is 3.15. The van der Waals surface area contributed by atoms with E-state index >= 15 is 0 Å². The first-order chi connectivity index (χ1) is 16.3. The number of hydrogen-bond donors (Lipinski definition) is 0. The van der Waals surface area contributed by atoms with Gasteiger partial charge in [-0.25, -0.2) is 4.79 Å². The van der Waals surface area contributed by atoms with Crippen molar-refractivity contribution in [2.75, 3.05) is 6.54 Å². The zero-order valence-corrected chi connectivity index (χ0v) is 22.8. The molecule has 1 amide bonds. The largest absolute Gasteiger partial charge is 0.460 e. The molecule has 0 aromatic heterocycles. The predicted molar refractivity (Wildman–Crippen MR) is 138 cm³/mol. The van der Waals surface area contributed by atoms with Gasteiger partial charge in [-0.05, 0) is 72.3 Å². The highest BCUT2D eigenvalue weighted by atomic mass is 16.6. The van der Waals surface area contributed by atoms with Crippen LogP contribution >= 0.6 is 0 Å². The molecule has 0 spiro atoms. The molecule has 0 bridgehead atoms.